The summed E-state index contributed by atoms with van der Waals surface area (Å²) in [6.45, 7) is 3.25. The quantitative estimate of drug-likeness (QED) is 0.491. The number of methoxy groups -OCH3 is 1. The van der Waals surface area contributed by atoms with Crippen molar-refractivity contribution in [3.05, 3.63) is 30.1 Å². The Morgan fingerprint density at radius 1 is 1.12 bits per heavy atom. The zero-order chi connectivity index (χ0) is 23.5. The van der Waals surface area contributed by atoms with E-state index in [2.05, 4.69) is 37.7 Å². The van der Waals surface area contributed by atoms with Crippen LogP contribution < -0.4 is 15.4 Å². The predicted octanol–water partition coefficient (Wildman–Crippen LogP) is 4.58. The molecule has 1 aliphatic heterocycles. The van der Waals surface area contributed by atoms with E-state index < -0.39 is 0 Å². The molecule has 9 nitrogen and oxygen atoms in total. The van der Waals surface area contributed by atoms with Gasteiger partial charge in [-0.1, -0.05) is 25.3 Å². The smallest absolute Gasteiger partial charge is 0.231 e. The van der Waals surface area contributed by atoms with Crippen LogP contribution in [0.5, 0.6) is 5.75 Å². The molecule has 2 fully saturated rings. The Morgan fingerprint density at radius 2 is 1.91 bits per heavy atom. The fourth-order valence-corrected chi connectivity index (χ4v) is 5.15. The van der Waals surface area contributed by atoms with Gasteiger partial charge in [-0.15, -0.1) is 0 Å². The van der Waals surface area contributed by atoms with Crippen LogP contribution >= 0.6 is 0 Å². The molecule has 0 unspecified atom stereocenters. The molecule has 0 atom stereocenters. The Labute approximate surface area is 199 Å². The van der Waals surface area contributed by atoms with E-state index in [-0.39, 0.29) is 5.91 Å². The van der Waals surface area contributed by atoms with E-state index in [0.29, 0.717) is 23.6 Å². The third kappa shape index (κ3) is 4.78. The lowest BCUT2D eigenvalue weighted by molar-refractivity contribution is -0.129. The number of hydrogen-bond donors (Lipinski definition) is 3. The highest BCUT2D eigenvalue weighted by Gasteiger charge is 2.23. The summed E-state index contributed by atoms with van der Waals surface area (Å²) in [5.74, 6) is 2.59. The number of H-pyrrole nitrogens is 1. The SMILES string of the molecule is COc1cc(C2CCN(C(C)=O)CC2)ccc1Nc1nc(NC2CCCCC2)c2[nH]cnc2n1. The molecule has 1 aliphatic carbocycles. The van der Waals surface area contributed by atoms with Gasteiger partial charge in [0.1, 0.15) is 11.3 Å². The number of amides is 1. The van der Waals surface area contributed by atoms with Gasteiger partial charge in [0.05, 0.1) is 19.1 Å². The van der Waals surface area contributed by atoms with Crippen LogP contribution in [0.1, 0.15) is 63.4 Å². The van der Waals surface area contributed by atoms with Gasteiger partial charge >= 0.3 is 0 Å². The number of ether oxygens (including phenoxy) is 1. The van der Waals surface area contributed by atoms with Crippen molar-refractivity contribution in [2.45, 2.75) is 63.8 Å². The van der Waals surface area contributed by atoms with Crippen LogP contribution in [0.25, 0.3) is 11.2 Å². The van der Waals surface area contributed by atoms with Crippen molar-refractivity contribution in [3.8, 4) is 5.75 Å². The summed E-state index contributed by atoms with van der Waals surface area (Å²) < 4.78 is 5.71. The molecule has 3 heterocycles. The van der Waals surface area contributed by atoms with Crippen LogP contribution in [-0.4, -0.2) is 57.0 Å². The zero-order valence-corrected chi connectivity index (χ0v) is 19.9. The number of likely N-dealkylation sites (tertiary alicyclic amines) is 1. The number of aromatic amines is 1. The van der Waals surface area contributed by atoms with Crippen molar-refractivity contribution in [1.82, 2.24) is 24.8 Å². The second-order valence-electron chi connectivity index (χ2n) is 9.34. The lowest BCUT2D eigenvalue weighted by Crippen LogP contribution is -2.36. The first kappa shape index (κ1) is 22.4. The van der Waals surface area contributed by atoms with E-state index in [1.165, 1.54) is 24.8 Å². The summed E-state index contributed by atoms with van der Waals surface area (Å²) >= 11 is 0. The molecule has 0 bridgehead atoms. The van der Waals surface area contributed by atoms with Gasteiger partial charge < -0.3 is 25.3 Å². The zero-order valence-electron chi connectivity index (χ0n) is 19.9. The van der Waals surface area contributed by atoms with E-state index in [0.717, 1.165) is 61.5 Å². The summed E-state index contributed by atoms with van der Waals surface area (Å²) in [5.41, 5.74) is 3.50. The maximum atomic E-state index is 11.6. The summed E-state index contributed by atoms with van der Waals surface area (Å²) in [5, 5.41) is 6.95. The van der Waals surface area contributed by atoms with Crippen LogP contribution in [0.4, 0.5) is 17.5 Å². The first-order chi connectivity index (χ1) is 16.6. The Balaban J connectivity index is 1.35. The summed E-state index contributed by atoms with van der Waals surface area (Å²) in [6, 6.07) is 6.67. The number of nitrogens with zero attached hydrogens (tertiary/aromatic N) is 4. The van der Waals surface area contributed by atoms with Crippen molar-refractivity contribution >= 4 is 34.5 Å². The molecule has 2 aromatic heterocycles. The van der Waals surface area contributed by atoms with Crippen molar-refractivity contribution in [3.63, 3.8) is 0 Å². The molecule has 180 valence electrons. The highest BCUT2D eigenvalue weighted by molar-refractivity contribution is 5.84. The minimum atomic E-state index is 0.154. The largest absolute Gasteiger partial charge is 0.495 e. The molecule has 0 radical (unpaired) electrons. The second-order valence-corrected chi connectivity index (χ2v) is 9.34. The lowest BCUT2D eigenvalue weighted by atomic mass is 9.89. The Bertz CT molecular complexity index is 1150. The lowest BCUT2D eigenvalue weighted by Gasteiger charge is -2.31. The van der Waals surface area contributed by atoms with Crippen LogP contribution in [0.3, 0.4) is 0 Å². The van der Waals surface area contributed by atoms with Gasteiger partial charge in [-0.05, 0) is 49.3 Å². The van der Waals surface area contributed by atoms with Crippen molar-refractivity contribution < 1.29 is 9.53 Å². The minimum Gasteiger partial charge on any atom is -0.495 e. The van der Waals surface area contributed by atoms with Gasteiger partial charge in [0.15, 0.2) is 11.5 Å². The van der Waals surface area contributed by atoms with Crippen LogP contribution in [-0.2, 0) is 4.79 Å². The third-order valence-corrected chi connectivity index (χ3v) is 7.12. The molecule has 3 N–H and O–H groups in total. The van der Waals surface area contributed by atoms with Gasteiger partial charge in [0.25, 0.3) is 0 Å². The number of fused-ring (bicyclic) bond motifs is 1. The molecular formula is C25H33N7O2. The molecule has 1 saturated heterocycles. The highest BCUT2D eigenvalue weighted by atomic mass is 16.5. The van der Waals surface area contributed by atoms with Gasteiger partial charge in [-0.2, -0.15) is 9.97 Å². The maximum absolute atomic E-state index is 11.6. The minimum absolute atomic E-state index is 0.154. The van der Waals surface area contributed by atoms with Crippen molar-refractivity contribution in [1.29, 1.82) is 0 Å². The molecule has 1 amide bonds. The summed E-state index contributed by atoms with van der Waals surface area (Å²) in [6.07, 6.45) is 9.69. The third-order valence-electron chi connectivity index (χ3n) is 7.12. The first-order valence-corrected chi connectivity index (χ1v) is 12.3. The molecule has 5 rings (SSSR count). The van der Waals surface area contributed by atoms with E-state index in [9.17, 15) is 4.79 Å². The number of benzene rings is 1. The normalized spacial score (nSPS) is 17.6. The number of anilines is 3. The molecule has 1 aromatic carbocycles. The predicted molar refractivity (Wildman–Crippen MR) is 133 cm³/mol. The standard InChI is InChI=1S/C25H33N7O2/c1-16(33)32-12-10-17(11-13-32)18-8-9-20(21(14-18)34-2)29-25-30-23-22(26-15-27-23)24(31-25)28-19-6-4-3-5-7-19/h8-9,14-15,17,19H,3-7,10-13H2,1-2H3,(H3,26,27,28,29,30,31). The van der Waals surface area contributed by atoms with E-state index >= 15 is 0 Å². The summed E-state index contributed by atoms with van der Waals surface area (Å²) in [4.78, 5) is 30.5. The fraction of sp³-hybridized carbons (Fsp3) is 0.520. The average molecular weight is 464 g/mol. The number of rotatable bonds is 6. The topological polar surface area (TPSA) is 108 Å². The molecule has 3 aromatic rings. The number of carbonyl (C=O) groups is 1. The number of carbonyl (C=O) groups excluding carboxylic acids is 1. The maximum Gasteiger partial charge on any atom is 0.231 e. The number of aromatic nitrogens is 4. The monoisotopic (exact) mass is 463 g/mol. The Kier molecular flexibility index (Phi) is 6.51. The van der Waals surface area contributed by atoms with Crippen LogP contribution in [0.2, 0.25) is 0 Å². The van der Waals surface area contributed by atoms with Crippen LogP contribution in [0.15, 0.2) is 24.5 Å². The van der Waals surface area contributed by atoms with Gasteiger partial charge in [0.2, 0.25) is 11.9 Å². The second kappa shape index (κ2) is 9.87. The molecule has 1 saturated carbocycles. The average Bonchev–Trinajstić information content (AvgIpc) is 3.34. The van der Waals surface area contributed by atoms with Crippen molar-refractivity contribution in [2.24, 2.45) is 0 Å². The fourth-order valence-electron chi connectivity index (χ4n) is 5.15. The molecule has 2 aliphatic rings. The van der Waals surface area contributed by atoms with Crippen LogP contribution in [0, 0.1) is 0 Å². The molecule has 34 heavy (non-hydrogen) atoms. The Hall–Kier alpha value is -3.36. The van der Waals surface area contributed by atoms with Gasteiger partial charge in [-0.3, -0.25) is 4.79 Å². The first-order valence-electron chi connectivity index (χ1n) is 12.3. The van der Waals surface area contributed by atoms with Gasteiger partial charge in [-0.25, -0.2) is 4.98 Å². The van der Waals surface area contributed by atoms with E-state index in [1.54, 1.807) is 20.4 Å². The Morgan fingerprint density at radius 3 is 2.65 bits per heavy atom. The number of piperidine rings is 1. The highest BCUT2D eigenvalue weighted by Crippen LogP contribution is 2.35. The number of nitrogens with one attached hydrogen (secondary N) is 3. The molecule has 9 heteroatoms. The van der Waals surface area contributed by atoms with E-state index in [4.69, 9.17) is 9.72 Å². The van der Waals surface area contributed by atoms with E-state index in [1.807, 2.05) is 11.0 Å². The number of hydrogen-bond acceptors (Lipinski definition) is 7. The van der Waals surface area contributed by atoms with Gasteiger partial charge in [0, 0.05) is 26.1 Å². The molecule has 0 spiro atoms. The number of imidazole rings is 1. The summed E-state index contributed by atoms with van der Waals surface area (Å²) in [7, 11) is 1.68. The van der Waals surface area contributed by atoms with Crippen molar-refractivity contribution in [2.75, 3.05) is 30.8 Å². The molecular weight excluding hydrogens is 430 g/mol.